The van der Waals surface area contributed by atoms with Crippen LogP contribution in [-0.4, -0.2) is 41.2 Å². The fourth-order valence-corrected chi connectivity index (χ4v) is 3.91. The van der Waals surface area contributed by atoms with E-state index in [1.165, 1.54) is 0 Å². The van der Waals surface area contributed by atoms with Crippen molar-refractivity contribution in [1.82, 2.24) is 4.90 Å². The summed E-state index contributed by atoms with van der Waals surface area (Å²) >= 11 is 6.20. The van der Waals surface area contributed by atoms with Crippen LogP contribution < -0.4 is 4.74 Å². The van der Waals surface area contributed by atoms with E-state index < -0.39 is 11.0 Å². The number of benzene rings is 1. The third-order valence-electron chi connectivity index (χ3n) is 5.74. The molecule has 1 aromatic rings. The van der Waals surface area contributed by atoms with E-state index in [2.05, 4.69) is 6.58 Å². The van der Waals surface area contributed by atoms with Crippen LogP contribution in [0.25, 0.3) is 0 Å². The van der Waals surface area contributed by atoms with Crippen LogP contribution in [0.15, 0.2) is 30.9 Å². The largest absolute Gasteiger partial charge is 0.492 e. The summed E-state index contributed by atoms with van der Waals surface area (Å²) in [5.74, 6) is 0.749. The Morgan fingerprint density at radius 3 is 2.62 bits per heavy atom. The molecule has 4 nitrogen and oxygen atoms in total. The summed E-state index contributed by atoms with van der Waals surface area (Å²) in [5.41, 5.74) is -0.0592. The zero-order chi connectivity index (χ0) is 22.2. The number of halogens is 1. The molecule has 1 fully saturated rings. The average molecular weight is 424 g/mol. The standard InChI is InChI=1S/C21H32ClNO3.C3H6/c1-6-21(25)10-9-16(14-21)23(5)19(24)20(3,4)11-12-26-18-8-7-15(2)13-17(18)22;1-3-2/h7-8,13,16,25H,6,9-12,14H2,1-5H3;3H,1H2,2H3. The van der Waals surface area contributed by atoms with Gasteiger partial charge in [-0.25, -0.2) is 0 Å². The molecular formula is C24H38ClNO3. The highest BCUT2D eigenvalue weighted by Gasteiger charge is 2.41. The molecule has 0 aliphatic heterocycles. The second-order valence-corrected chi connectivity index (χ2v) is 9.12. The van der Waals surface area contributed by atoms with Crippen LogP contribution in [0.3, 0.4) is 0 Å². The Labute approximate surface area is 181 Å². The molecule has 1 aromatic carbocycles. The maximum absolute atomic E-state index is 13.0. The fraction of sp³-hybridized carbons (Fsp3) is 0.625. The molecule has 1 aliphatic rings. The van der Waals surface area contributed by atoms with E-state index >= 15 is 0 Å². The van der Waals surface area contributed by atoms with Gasteiger partial charge in [-0.2, -0.15) is 0 Å². The van der Waals surface area contributed by atoms with Gasteiger partial charge in [-0.05, 0) is 63.6 Å². The van der Waals surface area contributed by atoms with Crippen molar-refractivity contribution >= 4 is 17.5 Å². The maximum Gasteiger partial charge on any atom is 0.228 e. The quantitative estimate of drug-likeness (QED) is 0.565. The molecule has 1 saturated carbocycles. The number of aryl methyl sites for hydroxylation is 1. The molecule has 164 valence electrons. The van der Waals surface area contributed by atoms with Crippen LogP contribution >= 0.6 is 11.6 Å². The van der Waals surface area contributed by atoms with Gasteiger partial charge in [0.1, 0.15) is 5.75 Å². The lowest BCUT2D eigenvalue weighted by molar-refractivity contribution is -0.142. The van der Waals surface area contributed by atoms with Crippen LogP contribution in [0.2, 0.25) is 5.02 Å². The number of aliphatic hydroxyl groups is 1. The Morgan fingerprint density at radius 1 is 1.48 bits per heavy atom. The second kappa shape index (κ2) is 11.0. The van der Waals surface area contributed by atoms with E-state index in [9.17, 15) is 9.90 Å². The predicted molar refractivity (Wildman–Crippen MR) is 122 cm³/mol. The molecule has 29 heavy (non-hydrogen) atoms. The van der Waals surface area contributed by atoms with E-state index in [4.69, 9.17) is 16.3 Å². The highest BCUT2D eigenvalue weighted by Crippen LogP contribution is 2.37. The molecule has 0 radical (unpaired) electrons. The normalized spacial score (nSPS) is 21.2. The summed E-state index contributed by atoms with van der Waals surface area (Å²) in [6, 6.07) is 5.80. The smallest absolute Gasteiger partial charge is 0.228 e. The minimum atomic E-state index is -0.616. The average Bonchev–Trinajstić information content (AvgIpc) is 3.06. The van der Waals surface area contributed by atoms with Gasteiger partial charge in [0.25, 0.3) is 0 Å². The van der Waals surface area contributed by atoms with Crippen molar-refractivity contribution in [2.45, 2.75) is 78.4 Å². The number of carbonyl (C=O) groups is 1. The fourth-order valence-electron chi connectivity index (χ4n) is 3.62. The predicted octanol–water partition coefficient (Wildman–Crippen LogP) is 5.79. The summed E-state index contributed by atoms with van der Waals surface area (Å²) in [6.45, 7) is 13.6. The van der Waals surface area contributed by atoms with Crippen LogP contribution in [0.4, 0.5) is 0 Å². The van der Waals surface area contributed by atoms with Gasteiger partial charge >= 0.3 is 0 Å². The van der Waals surface area contributed by atoms with Gasteiger partial charge in [-0.1, -0.05) is 44.5 Å². The van der Waals surface area contributed by atoms with Crippen molar-refractivity contribution in [2.75, 3.05) is 13.7 Å². The third kappa shape index (κ3) is 7.35. The Balaban J connectivity index is 0.00000132. The monoisotopic (exact) mass is 423 g/mol. The summed E-state index contributed by atoms with van der Waals surface area (Å²) in [4.78, 5) is 14.8. The van der Waals surface area contributed by atoms with Crippen molar-refractivity contribution in [1.29, 1.82) is 0 Å². The van der Waals surface area contributed by atoms with E-state index in [1.54, 1.807) is 6.08 Å². The number of ether oxygens (including phenoxy) is 1. The molecule has 0 heterocycles. The number of hydrogen-bond acceptors (Lipinski definition) is 3. The lowest BCUT2D eigenvalue weighted by atomic mass is 9.87. The Hall–Kier alpha value is -1.52. The second-order valence-electron chi connectivity index (χ2n) is 8.72. The number of nitrogens with zero attached hydrogens (tertiary/aromatic N) is 1. The molecule has 5 heteroatoms. The van der Waals surface area contributed by atoms with E-state index in [-0.39, 0.29) is 11.9 Å². The van der Waals surface area contributed by atoms with Crippen molar-refractivity contribution in [2.24, 2.45) is 5.41 Å². The summed E-state index contributed by atoms with van der Waals surface area (Å²) in [7, 11) is 1.86. The molecule has 0 saturated heterocycles. The number of rotatable bonds is 7. The van der Waals surface area contributed by atoms with Crippen LogP contribution in [0.1, 0.15) is 65.4 Å². The van der Waals surface area contributed by atoms with Crippen LogP contribution in [-0.2, 0) is 4.79 Å². The van der Waals surface area contributed by atoms with Gasteiger partial charge in [0.2, 0.25) is 5.91 Å². The third-order valence-corrected chi connectivity index (χ3v) is 6.03. The van der Waals surface area contributed by atoms with Crippen LogP contribution in [0, 0.1) is 12.3 Å². The Bertz CT molecular complexity index is 689. The maximum atomic E-state index is 13.0. The van der Waals surface area contributed by atoms with Gasteiger partial charge in [-0.15, -0.1) is 6.58 Å². The molecule has 2 rings (SSSR count). The van der Waals surface area contributed by atoms with Gasteiger partial charge in [0, 0.05) is 18.5 Å². The topological polar surface area (TPSA) is 49.8 Å². The van der Waals surface area contributed by atoms with Gasteiger partial charge in [-0.3, -0.25) is 4.79 Å². The first-order valence-electron chi connectivity index (χ1n) is 10.4. The van der Waals surface area contributed by atoms with E-state index in [0.717, 1.165) is 24.8 Å². The first-order chi connectivity index (χ1) is 13.5. The van der Waals surface area contributed by atoms with Crippen molar-refractivity contribution in [3.63, 3.8) is 0 Å². The lowest BCUT2D eigenvalue weighted by Crippen LogP contribution is -2.44. The van der Waals surface area contributed by atoms with Crippen molar-refractivity contribution < 1.29 is 14.6 Å². The SMILES string of the molecule is C=CC.CCC1(O)CCC(N(C)C(=O)C(C)(C)CCOc2ccc(C)cc2Cl)C1. The summed E-state index contributed by atoms with van der Waals surface area (Å²) in [5, 5.41) is 11.0. The number of hydrogen-bond donors (Lipinski definition) is 1. The first-order valence-corrected chi connectivity index (χ1v) is 10.8. The zero-order valence-corrected chi connectivity index (χ0v) is 19.7. The summed E-state index contributed by atoms with van der Waals surface area (Å²) in [6.07, 6.45) is 5.38. The highest BCUT2D eigenvalue weighted by molar-refractivity contribution is 6.32. The number of allylic oxidation sites excluding steroid dienone is 1. The highest BCUT2D eigenvalue weighted by atomic mass is 35.5. The van der Waals surface area contributed by atoms with Crippen molar-refractivity contribution in [3.05, 3.63) is 41.4 Å². The minimum absolute atomic E-state index is 0.0986. The van der Waals surface area contributed by atoms with E-state index in [1.807, 2.05) is 64.8 Å². The molecule has 1 aliphatic carbocycles. The molecule has 1 N–H and O–H groups in total. The Morgan fingerprint density at radius 2 is 2.10 bits per heavy atom. The Kier molecular flexibility index (Phi) is 9.70. The molecule has 2 atom stereocenters. The number of amides is 1. The summed E-state index contributed by atoms with van der Waals surface area (Å²) < 4.78 is 5.79. The minimum Gasteiger partial charge on any atom is -0.492 e. The molecule has 0 aromatic heterocycles. The van der Waals surface area contributed by atoms with Gasteiger partial charge in [0.05, 0.1) is 17.2 Å². The molecule has 1 amide bonds. The lowest BCUT2D eigenvalue weighted by Gasteiger charge is -2.34. The molecular weight excluding hydrogens is 386 g/mol. The zero-order valence-electron chi connectivity index (χ0n) is 18.9. The van der Waals surface area contributed by atoms with Gasteiger partial charge < -0.3 is 14.7 Å². The molecule has 2 unspecified atom stereocenters. The molecule has 0 bridgehead atoms. The van der Waals surface area contributed by atoms with Gasteiger partial charge in [0.15, 0.2) is 0 Å². The van der Waals surface area contributed by atoms with Crippen molar-refractivity contribution in [3.8, 4) is 5.75 Å². The first kappa shape index (κ1) is 25.5. The number of carbonyl (C=O) groups excluding carboxylic acids is 1. The molecule has 0 spiro atoms. The van der Waals surface area contributed by atoms with Crippen LogP contribution in [0.5, 0.6) is 5.75 Å². The van der Waals surface area contributed by atoms with E-state index in [0.29, 0.717) is 30.2 Å².